The second kappa shape index (κ2) is 7.13. The van der Waals surface area contributed by atoms with E-state index in [9.17, 15) is 4.39 Å². The van der Waals surface area contributed by atoms with Gasteiger partial charge in [0.25, 0.3) is 0 Å². The van der Waals surface area contributed by atoms with Crippen LogP contribution in [0.2, 0.25) is 5.02 Å². The topological polar surface area (TPSA) is 9.23 Å². The van der Waals surface area contributed by atoms with Gasteiger partial charge in [0.2, 0.25) is 0 Å². The zero-order chi connectivity index (χ0) is 12.0. The Balaban J connectivity index is 2.53. The van der Waals surface area contributed by atoms with Crippen LogP contribution in [0.15, 0.2) is 18.2 Å². The molecule has 1 aromatic rings. The van der Waals surface area contributed by atoms with Gasteiger partial charge in [-0.2, -0.15) is 0 Å². The van der Waals surface area contributed by atoms with Crippen LogP contribution >= 0.6 is 27.5 Å². The summed E-state index contributed by atoms with van der Waals surface area (Å²) in [4.78, 5) is 0. The normalized spacial score (nSPS) is 12.5. The fourth-order valence-corrected chi connectivity index (χ4v) is 2.15. The molecule has 16 heavy (non-hydrogen) atoms. The lowest BCUT2D eigenvalue weighted by Crippen LogP contribution is -2.13. The standard InChI is InChI=1S/C12H15BrClFO/c1-2-3-9(7-13)8-16-12-5-4-10(15)6-11(12)14/h4-6,9H,2-3,7-8H2,1H3. The van der Waals surface area contributed by atoms with Gasteiger partial charge in [-0.15, -0.1) is 0 Å². The molecule has 0 bridgehead atoms. The van der Waals surface area contributed by atoms with Gasteiger partial charge in [-0.05, 0) is 24.6 Å². The molecule has 0 saturated carbocycles. The van der Waals surface area contributed by atoms with Crippen LogP contribution in [-0.2, 0) is 0 Å². The maximum absolute atomic E-state index is 12.8. The van der Waals surface area contributed by atoms with Gasteiger partial charge in [-0.1, -0.05) is 40.9 Å². The van der Waals surface area contributed by atoms with Gasteiger partial charge < -0.3 is 4.74 Å². The molecule has 0 aliphatic heterocycles. The molecule has 0 aliphatic carbocycles. The van der Waals surface area contributed by atoms with Crippen LogP contribution in [0.4, 0.5) is 4.39 Å². The van der Waals surface area contributed by atoms with Crippen LogP contribution in [0.25, 0.3) is 0 Å². The van der Waals surface area contributed by atoms with Crippen LogP contribution in [0.1, 0.15) is 19.8 Å². The largest absolute Gasteiger partial charge is 0.492 e. The van der Waals surface area contributed by atoms with Gasteiger partial charge in [0.05, 0.1) is 11.6 Å². The molecular formula is C12H15BrClFO. The minimum absolute atomic E-state index is 0.324. The fraction of sp³-hybridized carbons (Fsp3) is 0.500. The first-order chi connectivity index (χ1) is 7.67. The quantitative estimate of drug-likeness (QED) is 0.694. The second-order valence-electron chi connectivity index (χ2n) is 3.69. The summed E-state index contributed by atoms with van der Waals surface area (Å²) < 4.78 is 18.4. The van der Waals surface area contributed by atoms with E-state index in [0.717, 1.165) is 18.2 Å². The monoisotopic (exact) mass is 308 g/mol. The Kier molecular flexibility index (Phi) is 6.14. The van der Waals surface area contributed by atoms with Crippen molar-refractivity contribution in [2.24, 2.45) is 5.92 Å². The van der Waals surface area contributed by atoms with Gasteiger partial charge in [0, 0.05) is 11.2 Å². The minimum Gasteiger partial charge on any atom is -0.492 e. The number of halogens is 3. The van der Waals surface area contributed by atoms with E-state index < -0.39 is 0 Å². The van der Waals surface area contributed by atoms with E-state index in [4.69, 9.17) is 16.3 Å². The molecule has 0 amide bonds. The summed E-state index contributed by atoms with van der Waals surface area (Å²) in [5, 5.41) is 1.23. The number of alkyl halides is 1. The third-order valence-electron chi connectivity index (χ3n) is 2.28. The van der Waals surface area contributed by atoms with E-state index in [2.05, 4.69) is 22.9 Å². The summed E-state index contributed by atoms with van der Waals surface area (Å²) >= 11 is 9.30. The predicted molar refractivity (Wildman–Crippen MR) is 69.1 cm³/mol. The van der Waals surface area contributed by atoms with Crippen molar-refractivity contribution in [2.45, 2.75) is 19.8 Å². The summed E-state index contributed by atoms with van der Waals surface area (Å²) in [6.45, 7) is 2.74. The van der Waals surface area contributed by atoms with Crippen LogP contribution < -0.4 is 4.74 Å². The van der Waals surface area contributed by atoms with E-state index in [1.807, 2.05) is 0 Å². The van der Waals surface area contributed by atoms with E-state index in [1.165, 1.54) is 12.1 Å². The van der Waals surface area contributed by atoms with Gasteiger partial charge in [0.1, 0.15) is 11.6 Å². The third-order valence-corrected chi connectivity index (χ3v) is 3.49. The molecule has 1 aromatic carbocycles. The van der Waals surface area contributed by atoms with Gasteiger partial charge in [-0.3, -0.25) is 0 Å². The Morgan fingerprint density at radius 3 is 2.81 bits per heavy atom. The van der Waals surface area contributed by atoms with Crippen LogP contribution in [-0.4, -0.2) is 11.9 Å². The molecule has 0 aromatic heterocycles. The highest BCUT2D eigenvalue weighted by atomic mass is 79.9. The Labute approximate surface area is 109 Å². The lowest BCUT2D eigenvalue weighted by Gasteiger charge is -2.15. The molecule has 0 fully saturated rings. The first-order valence-corrected chi connectivity index (χ1v) is 6.81. The first-order valence-electron chi connectivity index (χ1n) is 5.31. The molecule has 1 rings (SSSR count). The van der Waals surface area contributed by atoms with Crippen molar-refractivity contribution >= 4 is 27.5 Å². The number of hydrogen-bond donors (Lipinski definition) is 0. The molecule has 0 spiro atoms. The number of benzene rings is 1. The molecule has 0 radical (unpaired) electrons. The molecule has 1 atom stereocenters. The summed E-state index contributed by atoms with van der Waals surface area (Å²) in [7, 11) is 0. The second-order valence-corrected chi connectivity index (χ2v) is 4.75. The molecule has 1 nitrogen and oxygen atoms in total. The Bertz CT molecular complexity index is 333. The van der Waals surface area contributed by atoms with E-state index in [0.29, 0.717) is 23.3 Å². The Hall–Kier alpha value is -0.280. The average Bonchev–Trinajstić information content (AvgIpc) is 2.26. The van der Waals surface area contributed by atoms with Crippen molar-refractivity contribution in [3.8, 4) is 5.75 Å². The van der Waals surface area contributed by atoms with E-state index in [-0.39, 0.29) is 5.82 Å². The van der Waals surface area contributed by atoms with E-state index in [1.54, 1.807) is 6.07 Å². The molecule has 0 saturated heterocycles. The number of rotatable bonds is 6. The summed E-state index contributed by atoms with van der Waals surface area (Å²) in [5.41, 5.74) is 0. The average molecular weight is 310 g/mol. The van der Waals surface area contributed by atoms with Crippen molar-refractivity contribution < 1.29 is 9.13 Å². The molecular weight excluding hydrogens is 294 g/mol. The van der Waals surface area contributed by atoms with Crippen molar-refractivity contribution in [3.05, 3.63) is 29.0 Å². The van der Waals surface area contributed by atoms with Crippen molar-refractivity contribution in [2.75, 3.05) is 11.9 Å². The SMILES string of the molecule is CCCC(CBr)COc1ccc(F)cc1Cl. The van der Waals surface area contributed by atoms with Crippen molar-refractivity contribution in [1.29, 1.82) is 0 Å². The molecule has 90 valence electrons. The highest BCUT2D eigenvalue weighted by Crippen LogP contribution is 2.25. The van der Waals surface area contributed by atoms with Crippen molar-refractivity contribution in [1.82, 2.24) is 0 Å². The fourth-order valence-electron chi connectivity index (χ4n) is 1.41. The molecule has 1 unspecified atom stereocenters. The highest BCUT2D eigenvalue weighted by molar-refractivity contribution is 9.09. The van der Waals surface area contributed by atoms with E-state index >= 15 is 0 Å². The first kappa shape index (κ1) is 13.8. The maximum Gasteiger partial charge on any atom is 0.138 e. The zero-order valence-corrected chi connectivity index (χ0v) is 11.5. The van der Waals surface area contributed by atoms with Gasteiger partial charge >= 0.3 is 0 Å². The maximum atomic E-state index is 12.8. The summed E-state index contributed by atoms with van der Waals surface area (Å²) in [6.07, 6.45) is 2.22. The highest BCUT2D eigenvalue weighted by Gasteiger charge is 2.09. The van der Waals surface area contributed by atoms with Gasteiger partial charge in [0.15, 0.2) is 0 Å². The summed E-state index contributed by atoms with van der Waals surface area (Å²) in [5.74, 6) is 0.666. The lowest BCUT2D eigenvalue weighted by molar-refractivity contribution is 0.255. The Morgan fingerprint density at radius 2 is 2.25 bits per heavy atom. The van der Waals surface area contributed by atoms with Gasteiger partial charge in [-0.25, -0.2) is 4.39 Å². The third kappa shape index (κ3) is 4.30. The zero-order valence-electron chi connectivity index (χ0n) is 9.18. The predicted octanol–water partition coefficient (Wildman–Crippen LogP) is 4.67. The van der Waals surface area contributed by atoms with Crippen LogP contribution in [0, 0.1) is 11.7 Å². The number of hydrogen-bond acceptors (Lipinski definition) is 1. The minimum atomic E-state index is -0.344. The smallest absolute Gasteiger partial charge is 0.138 e. The molecule has 0 N–H and O–H groups in total. The Morgan fingerprint density at radius 1 is 1.50 bits per heavy atom. The molecule has 0 aliphatic rings. The van der Waals surface area contributed by atoms with Crippen LogP contribution in [0.3, 0.4) is 0 Å². The lowest BCUT2D eigenvalue weighted by atomic mass is 10.1. The van der Waals surface area contributed by atoms with Crippen LogP contribution in [0.5, 0.6) is 5.75 Å². The summed E-state index contributed by atoms with van der Waals surface area (Å²) in [6, 6.07) is 4.18. The molecule has 0 heterocycles. The van der Waals surface area contributed by atoms with Crippen molar-refractivity contribution in [3.63, 3.8) is 0 Å². The molecule has 4 heteroatoms. The number of ether oxygens (including phenoxy) is 1.